The number of amides is 1. The molecule has 1 amide bonds. The van der Waals surface area contributed by atoms with Gasteiger partial charge in [-0.25, -0.2) is 0 Å². The average Bonchev–Trinajstić information content (AvgIpc) is 1.82. The maximum atomic E-state index is 10.1. The van der Waals surface area contributed by atoms with E-state index in [9.17, 15) is 14.7 Å². The van der Waals surface area contributed by atoms with Gasteiger partial charge in [0.2, 0.25) is 5.91 Å². The Morgan fingerprint density at radius 1 is 1.31 bits per heavy atom. The summed E-state index contributed by atoms with van der Waals surface area (Å²) in [6, 6.07) is -1.09. The van der Waals surface area contributed by atoms with Crippen molar-refractivity contribution in [3.63, 3.8) is 0 Å². The van der Waals surface area contributed by atoms with E-state index >= 15 is 0 Å². The fourth-order valence-electron chi connectivity index (χ4n) is 0.416. The first kappa shape index (κ1) is 25.0. The molecule has 0 saturated heterocycles. The molecule has 0 unspecified atom stereocenters. The zero-order valence-corrected chi connectivity index (χ0v) is 20.4. The predicted molar refractivity (Wildman–Crippen MR) is 33.3 cm³/mol. The van der Waals surface area contributed by atoms with Gasteiger partial charge in [-0.3, -0.25) is 4.79 Å². The molecule has 0 rings (SSSR count). The molecule has 0 aliphatic carbocycles. The summed E-state index contributed by atoms with van der Waals surface area (Å²) in [6.45, 7) is 0. The molecule has 0 aliphatic rings. The maximum absolute atomic E-state index is 10.1. The molecule has 5 N–H and O–H groups in total. The molecule has 0 radical (unpaired) electrons. The van der Waals surface area contributed by atoms with E-state index in [2.05, 4.69) is 0 Å². The van der Waals surface area contributed by atoms with Gasteiger partial charge >= 0.3 is 138 Å². The van der Waals surface area contributed by atoms with Crippen LogP contribution in [0.3, 0.4) is 0 Å². The third kappa shape index (κ3) is 17.6. The molecular formula is C5H10Cs2N2O4. The van der Waals surface area contributed by atoms with Crippen molar-refractivity contribution in [1.82, 2.24) is 0 Å². The molecule has 6 nitrogen and oxygen atoms in total. The molecule has 1 atom stereocenters. The molecular weight excluding hydrogens is 418 g/mol. The summed E-state index contributed by atoms with van der Waals surface area (Å²) in [4.78, 5) is 20.0. The van der Waals surface area contributed by atoms with E-state index in [0.717, 1.165) is 0 Å². The van der Waals surface area contributed by atoms with Gasteiger partial charge in [0, 0.05) is 12.5 Å². The molecule has 0 aromatic rings. The topological polar surface area (TPSA) is 139 Å². The smallest absolute Gasteiger partial charge is 0.870 e. The van der Waals surface area contributed by atoms with Gasteiger partial charge in [0.15, 0.2) is 0 Å². The summed E-state index contributed by atoms with van der Waals surface area (Å²) in [7, 11) is 0. The van der Waals surface area contributed by atoms with Crippen LogP contribution in [0.2, 0.25) is 0 Å². The minimum atomic E-state index is -1.36. The Balaban J connectivity index is -0.000000135. The van der Waals surface area contributed by atoms with Crippen LogP contribution in [0.15, 0.2) is 0 Å². The van der Waals surface area contributed by atoms with E-state index in [1.165, 1.54) is 0 Å². The average molecular weight is 428 g/mol. The summed E-state index contributed by atoms with van der Waals surface area (Å²) in [5, 5.41) is 9.92. The number of primary amides is 1. The van der Waals surface area contributed by atoms with Crippen LogP contribution in [0.4, 0.5) is 0 Å². The van der Waals surface area contributed by atoms with Crippen LogP contribution in [0, 0.1) is 0 Å². The first-order valence-electron chi connectivity index (χ1n) is 2.78. The van der Waals surface area contributed by atoms with Gasteiger partial charge < -0.3 is 26.8 Å². The Bertz CT molecular complexity index is 155. The molecule has 0 aromatic carbocycles. The van der Waals surface area contributed by atoms with Gasteiger partial charge in [0.25, 0.3) is 0 Å². The van der Waals surface area contributed by atoms with Crippen LogP contribution in [-0.4, -0.2) is 23.4 Å². The summed E-state index contributed by atoms with van der Waals surface area (Å²) in [6.07, 6.45) is 0.0206. The molecule has 8 heteroatoms. The van der Waals surface area contributed by atoms with Gasteiger partial charge in [-0.15, -0.1) is 0 Å². The van der Waals surface area contributed by atoms with Crippen LogP contribution in [0.25, 0.3) is 0 Å². The van der Waals surface area contributed by atoms with Gasteiger partial charge in [-0.05, 0) is 6.42 Å². The first-order valence-corrected chi connectivity index (χ1v) is 2.78. The molecule has 0 heterocycles. The van der Waals surface area contributed by atoms with Crippen LogP contribution >= 0.6 is 0 Å². The second-order valence-corrected chi connectivity index (χ2v) is 1.93. The fraction of sp³-hybridized carbons (Fsp3) is 0.600. The van der Waals surface area contributed by atoms with Crippen LogP contribution < -0.4 is 154 Å². The molecule has 0 aliphatic heterocycles. The predicted octanol–water partition coefficient (Wildman–Crippen LogP) is -8.84. The van der Waals surface area contributed by atoms with Gasteiger partial charge in [-0.2, -0.15) is 0 Å². The summed E-state index contributed by atoms with van der Waals surface area (Å²) in [5.41, 5.74) is 9.73. The Hall–Kier alpha value is 2.96. The number of carbonyl (C=O) groups excluding carboxylic acids is 2. The zero-order valence-electron chi connectivity index (χ0n) is 7.82. The van der Waals surface area contributed by atoms with Crippen molar-refractivity contribution in [2.24, 2.45) is 11.5 Å². The second kappa shape index (κ2) is 15.0. The first-order chi connectivity index (χ1) is 4.54. The van der Waals surface area contributed by atoms with Crippen LogP contribution in [-0.2, 0) is 9.59 Å². The number of carbonyl (C=O) groups is 2. The van der Waals surface area contributed by atoms with Crippen molar-refractivity contribution in [3.8, 4) is 0 Å². The Morgan fingerprint density at radius 3 is 1.92 bits per heavy atom. The zero-order chi connectivity index (χ0) is 8.15. The molecule has 0 saturated carbocycles. The van der Waals surface area contributed by atoms with Gasteiger partial charge in [0.1, 0.15) is 0 Å². The summed E-state index contributed by atoms with van der Waals surface area (Å²) in [5.74, 6) is -1.92. The maximum Gasteiger partial charge on any atom is 1.00 e. The van der Waals surface area contributed by atoms with Crippen molar-refractivity contribution in [1.29, 1.82) is 0 Å². The van der Waals surface area contributed by atoms with E-state index in [0.29, 0.717) is 0 Å². The Kier molecular flexibility index (Phi) is 28.7. The monoisotopic (exact) mass is 428 g/mol. The van der Waals surface area contributed by atoms with Crippen LogP contribution in [0.1, 0.15) is 12.8 Å². The minimum Gasteiger partial charge on any atom is -0.870 e. The third-order valence-corrected chi connectivity index (χ3v) is 1.00. The standard InChI is InChI=1S/C5H10N2O3.2Cs.H2O/c6-3(5(9)10)1-2-4(7)8;;;/h3H,1-2,6H2,(H2,7,8)(H,9,10);;;1H2/q;2*+1;/p-2/t3-;;;/m0.../s1. The van der Waals surface area contributed by atoms with Gasteiger partial charge in [0.05, 0.1) is 5.97 Å². The Morgan fingerprint density at radius 2 is 1.69 bits per heavy atom. The second-order valence-electron chi connectivity index (χ2n) is 1.93. The number of carboxylic acid groups (broad SMARTS) is 1. The summed E-state index contributed by atoms with van der Waals surface area (Å²) < 4.78 is 0. The number of hydrogen-bond donors (Lipinski definition) is 2. The molecule has 0 aromatic heterocycles. The minimum absolute atomic E-state index is 0. The largest absolute Gasteiger partial charge is 1.00 e. The fourth-order valence-corrected chi connectivity index (χ4v) is 0.416. The number of carboxylic acids is 1. The normalized spacial score (nSPS) is 9.62. The van der Waals surface area contributed by atoms with E-state index in [-0.39, 0.29) is 156 Å². The number of rotatable bonds is 4. The third-order valence-electron chi connectivity index (χ3n) is 1.00. The Labute approximate surface area is 194 Å². The van der Waals surface area contributed by atoms with E-state index in [1.54, 1.807) is 0 Å². The van der Waals surface area contributed by atoms with Crippen LogP contribution in [0.5, 0.6) is 0 Å². The molecule has 66 valence electrons. The molecule has 13 heavy (non-hydrogen) atoms. The van der Waals surface area contributed by atoms with Crippen molar-refractivity contribution in [2.45, 2.75) is 18.9 Å². The molecule has 0 fully saturated rings. The number of hydrogen-bond acceptors (Lipinski definition) is 5. The van der Waals surface area contributed by atoms with E-state index < -0.39 is 17.9 Å². The van der Waals surface area contributed by atoms with Crippen molar-refractivity contribution < 1.29 is 158 Å². The van der Waals surface area contributed by atoms with E-state index in [1.807, 2.05) is 0 Å². The number of aliphatic carboxylic acids is 1. The summed E-state index contributed by atoms with van der Waals surface area (Å²) >= 11 is 0. The molecule has 0 spiro atoms. The van der Waals surface area contributed by atoms with E-state index in [4.69, 9.17) is 11.5 Å². The number of nitrogens with two attached hydrogens (primary N) is 2. The van der Waals surface area contributed by atoms with Crippen molar-refractivity contribution in [3.05, 3.63) is 0 Å². The quantitative estimate of drug-likeness (QED) is 0.458. The van der Waals surface area contributed by atoms with Crippen molar-refractivity contribution >= 4 is 11.9 Å². The van der Waals surface area contributed by atoms with Gasteiger partial charge in [-0.1, -0.05) is 0 Å². The SMILES string of the molecule is NC(=O)CC[C@H](N)C(=O)[O-].[Cs+].[Cs+].[OH-]. The van der Waals surface area contributed by atoms with Crippen molar-refractivity contribution in [2.75, 3.05) is 0 Å². The molecule has 0 bridgehead atoms.